The van der Waals surface area contributed by atoms with E-state index in [2.05, 4.69) is 31.4 Å². The number of benzene rings is 1. The molecule has 0 aliphatic heterocycles. The number of rotatable bonds is 5. The summed E-state index contributed by atoms with van der Waals surface area (Å²) in [5.74, 6) is 0.268. The second-order valence-electron chi connectivity index (χ2n) is 4.18. The number of aromatic nitrogens is 2. The predicted molar refractivity (Wildman–Crippen MR) is 87.2 cm³/mol. The van der Waals surface area contributed by atoms with Crippen LogP contribution in [0.2, 0.25) is 5.02 Å². The predicted octanol–water partition coefficient (Wildman–Crippen LogP) is 3.92. The molecule has 0 spiro atoms. The molecule has 1 N–H and O–H groups in total. The zero-order valence-corrected chi connectivity index (χ0v) is 14.6. The van der Waals surface area contributed by atoms with Crippen LogP contribution in [0.3, 0.4) is 0 Å². The van der Waals surface area contributed by atoms with Gasteiger partial charge in [0.2, 0.25) is 5.13 Å². The topological polar surface area (TPSA) is 64.1 Å². The van der Waals surface area contributed by atoms with Crippen molar-refractivity contribution in [2.24, 2.45) is 0 Å². The SMILES string of the molecule is CCc1nnc(NC(=O)C(C)Oc2ccc(Cl)cc2Br)s1. The Balaban J connectivity index is 1.98. The standard InChI is InChI=1S/C13H13BrClN3O2S/c1-3-11-17-18-13(21-11)16-12(19)7(2)20-10-5-4-8(15)6-9(10)14/h4-7H,3H2,1-2H3,(H,16,18,19). The summed E-state index contributed by atoms with van der Waals surface area (Å²) in [6.45, 7) is 3.65. The summed E-state index contributed by atoms with van der Waals surface area (Å²) in [6.07, 6.45) is 0.119. The van der Waals surface area contributed by atoms with E-state index in [1.54, 1.807) is 25.1 Å². The minimum absolute atomic E-state index is 0.282. The molecule has 1 aromatic heterocycles. The van der Waals surface area contributed by atoms with Crippen LogP contribution in [0, 0.1) is 0 Å². The van der Waals surface area contributed by atoms with Crippen LogP contribution in [-0.4, -0.2) is 22.2 Å². The summed E-state index contributed by atoms with van der Waals surface area (Å²) in [4.78, 5) is 12.1. The average Bonchev–Trinajstić information content (AvgIpc) is 2.89. The van der Waals surface area contributed by atoms with E-state index in [0.29, 0.717) is 20.4 Å². The number of aryl methyl sites for hydroxylation is 1. The molecular formula is C13H13BrClN3O2S. The van der Waals surface area contributed by atoms with Gasteiger partial charge < -0.3 is 4.74 Å². The van der Waals surface area contributed by atoms with Gasteiger partial charge in [0.1, 0.15) is 10.8 Å². The maximum atomic E-state index is 12.1. The highest BCUT2D eigenvalue weighted by atomic mass is 79.9. The van der Waals surface area contributed by atoms with Crippen molar-refractivity contribution in [1.82, 2.24) is 10.2 Å². The lowest BCUT2D eigenvalue weighted by Crippen LogP contribution is -2.30. The van der Waals surface area contributed by atoms with Gasteiger partial charge >= 0.3 is 0 Å². The number of carbonyl (C=O) groups is 1. The van der Waals surface area contributed by atoms with E-state index in [1.807, 2.05) is 6.92 Å². The number of nitrogens with zero attached hydrogens (tertiary/aromatic N) is 2. The van der Waals surface area contributed by atoms with E-state index in [4.69, 9.17) is 16.3 Å². The molecule has 21 heavy (non-hydrogen) atoms. The average molecular weight is 391 g/mol. The van der Waals surface area contributed by atoms with Gasteiger partial charge in [0.05, 0.1) is 4.47 Å². The van der Waals surface area contributed by atoms with Gasteiger partial charge in [-0.3, -0.25) is 10.1 Å². The van der Waals surface area contributed by atoms with Crippen LogP contribution in [0.5, 0.6) is 5.75 Å². The van der Waals surface area contributed by atoms with Gasteiger partial charge in [-0.25, -0.2) is 0 Å². The van der Waals surface area contributed by atoms with Gasteiger partial charge in [-0.05, 0) is 47.5 Å². The Kier molecular flexibility index (Phi) is 5.55. The van der Waals surface area contributed by atoms with Gasteiger partial charge in [-0.1, -0.05) is 29.9 Å². The van der Waals surface area contributed by atoms with Crippen molar-refractivity contribution in [1.29, 1.82) is 0 Å². The molecule has 1 atom stereocenters. The van der Waals surface area contributed by atoms with Crippen LogP contribution in [0.15, 0.2) is 22.7 Å². The Hall–Kier alpha value is -1.18. The Morgan fingerprint density at radius 1 is 1.52 bits per heavy atom. The van der Waals surface area contributed by atoms with Crippen molar-refractivity contribution >= 4 is 49.9 Å². The number of hydrogen-bond acceptors (Lipinski definition) is 5. The lowest BCUT2D eigenvalue weighted by Gasteiger charge is -2.14. The Bertz CT molecular complexity index is 650. The van der Waals surface area contributed by atoms with Crippen LogP contribution in [0.4, 0.5) is 5.13 Å². The number of anilines is 1. The summed E-state index contributed by atoms with van der Waals surface area (Å²) in [5, 5.41) is 12.5. The van der Waals surface area contributed by atoms with Gasteiger partial charge in [-0.15, -0.1) is 10.2 Å². The molecule has 112 valence electrons. The zero-order chi connectivity index (χ0) is 15.4. The first kappa shape index (κ1) is 16.2. The third kappa shape index (κ3) is 4.39. The van der Waals surface area contributed by atoms with Crippen LogP contribution >= 0.6 is 38.9 Å². The second-order valence-corrected chi connectivity index (χ2v) is 6.53. The zero-order valence-electron chi connectivity index (χ0n) is 11.4. The third-order valence-corrected chi connectivity index (χ3v) is 4.40. The molecule has 0 saturated heterocycles. The van der Waals surface area contributed by atoms with Crippen LogP contribution in [-0.2, 0) is 11.2 Å². The minimum atomic E-state index is -0.670. The maximum Gasteiger partial charge on any atom is 0.266 e. The van der Waals surface area contributed by atoms with Crippen molar-refractivity contribution in [3.63, 3.8) is 0 Å². The molecule has 2 rings (SSSR count). The molecule has 0 bridgehead atoms. The molecule has 5 nitrogen and oxygen atoms in total. The minimum Gasteiger partial charge on any atom is -0.480 e. The summed E-state index contributed by atoms with van der Waals surface area (Å²) >= 11 is 10.6. The first-order valence-corrected chi connectivity index (χ1v) is 8.23. The van der Waals surface area contributed by atoms with Gasteiger partial charge in [0.25, 0.3) is 5.91 Å². The quantitative estimate of drug-likeness (QED) is 0.840. The third-order valence-electron chi connectivity index (χ3n) is 2.57. The summed E-state index contributed by atoms with van der Waals surface area (Å²) in [6, 6.07) is 5.11. The molecule has 1 aromatic carbocycles. The number of ether oxygens (including phenoxy) is 1. The molecule has 2 aromatic rings. The van der Waals surface area contributed by atoms with Crippen molar-refractivity contribution < 1.29 is 9.53 Å². The molecule has 1 heterocycles. The van der Waals surface area contributed by atoms with Gasteiger partial charge in [-0.2, -0.15) is 0 Å². The summed E-state index contributed by atoms with van der Waals surface area (Å²) in [7, 11) is 0. The largest absolute Gasteiger partial charge is 0.480 e. The fourth-order valence-electron chi connectivity index (χ4n) is 1.47. The van der Waals surface area contributed by atoms with Crippen molar-refractivity contribution in [2.45, 2.75) is 26.4 Å². The van der Waals surface area contributed by atoms with Crippen molar-refractivity contribution in [3.8, 4) is 5.75 Å². The molecular weight excluding hydrogens is 378 g/mol. The van der Waals surface area contributed by atoms with E-state index >= 15 is 0 Å². The molecule has 0 radical (unpaired) electrons. The smallest absolute Gasteiger partial charge is 0.266 e. The monoisotopic (exact) mass is 389 g/mol. The number of nitrogens with one attached hydrogen (secondary N) is 1. The normalized spacial score (nSPS) is 12.0. The first-order chi connectivity index (χ1) is 9.99. The maximum absolute atomic E-state index is 12.1. The van der Waals surface area contributed by atoms with Crippen molar-refractivity contribution in [2.75, 3.05) is 5.32 Å². The van der Waals surface area contributed by atoms with Crippen LogP contribution in [0.1, 0.15) is 18.9 Å². The lowest BCUT2D eigenvalue weighted by molar-refractivity contribution is -0.122. The van der Waals surface area contributed by atoms with E-state index in [9.17, 15) is 4.79 Å². The second kappa shape index (κ2) is 7.20. The number of halogens is 2. The van der Waals surface area contributed by atoms with Gasteiger partial charge in [0, 0.05) is 5.02 Å². The van der Waals surface area contributed by atoms with E-state index in [-0.39, 0.29) is 5.91 Å². The molecule has 1 unspecified atom stereocenters. The number of amides is 1. The Morgan fingerprint density at radius 3 is 2.90 bits per heavy atom. The molecule has 0 fully saturated rings. The van der Waals surface area contributed by atoms with E-state index < -0.39 is 6.10 Å². The first-order valence-electron chi connectivity index (χ1n) is 6.24. The van der Waals surface area contributed by atoms with Crippen LogP contribution in [0.25, 0.3) is 0 Å². The highest BCUT2D eigenvalue weighted by molar-refractivity contribution is 9.10. The summed E-state index contributed by atoms with van der Waals surface area (Å²) < 4.78 is 6.30. The Labute approximate surface area is 139 Å². The van der Waals surface area contributed by atoms with Crippen LogP contribution < -0.4 is 10.1 Å². The molecule has 0 aliphatic rings. The lowest BCUT2D eigenvalue weighted by atomic mass is 10.3. The fraction of sp³-hybridized carbons (Fsp3) is 0.308. The number of carbonyl (C=O) groups excluding carboxylic acids is 1. The van der Waals surface area contributed by atoms with E-state index in [0.717, 1.165) is 11.4 Å². The molecule has 0 saturated carbocycles. The highest BCUT2D eigenvalue weighted by Crippen LogP contribution is 2.29. The fourth-order valence-corrected chi connectivity index (χ4v) is 2.93. The Morgan fingerprint density at radius 2 is 2.29 bits per heavy atom. The van der Waals surface area contributed by atoms with E-state index in [1.165, 1.54) is 11.3 Å². The molecule has 1 amide bonds. The highest BCUT2D eigenvalue weighted by Gasteiger charge is 2.18. The number of hydrogen-bond donors (Lipinski definition) is 1. The molecule has 8 heteroatoms. The molecule has 0 aliphatic carbocycles. The van der Waals surface area contributed by atoms with Crippen molar-refractivity contribution in [3.05, 3.63) is 32.7 Å². The summed E-state index contributed by atoms with van der Waals surface area (Å²) in [5.41, 5.74) is 0. The van der Waals surface area contributed by atoms with Gasteiger partial charge in [0.15, 0.2) is 6.10 Å².